The molecule has 0 aromatic heterocycles. The molecule has 3 aromatic carbocycles. The third kappa shape index (κ3) is 5.53. The van der Waals surface area contributed by atoms with Gasteiger partial charge in [0.2, 0.25) is 5.91 Å². The molecule has 0 unspecified atom stereocenters. The number of likely N-dealkylation sites (tertiary alicyclic amines) is 1. The molecule has 3 aromatic rings. The predicted molar refractivity (Wildman–Crippen MR) is 122 cm³/mol. The molecule has 0 radical (unpaired) electrons. The average molecular weight is 423 g/mol. The van der Waals surface area contributed by atoms with Gasteiger partial charge in [0.05, 0.1) is 6.54 Å². The third-order valence-corrected chi connectivity index (χ3v) is 5.88. The Hall–Kier alpha value is -2.56. The number of halogens is 1. The number of carbonyl (C=O) groups is 1. The van der Waals surface area contributed by atoms with Gasteiger partial charge in [-0.1, -0.05) is 54.1 Å². The number of hydrogen-bond donors (Lipinski definition) is 1. The molecule has 1 fully saturated rings. The summed E-state index contributed by atoms with van der Waals surface area (Å²) < 4.78 is 5.81. The van der Waals surface area contributed by atoms with Gasteiger partial charge in [-0.05, 0) is 66.5 Å². The zero-order chi connectivity index (χ0) is 20.8. The van der Waals surface area contributed by atoms with Crippen molar-refractivity contribution in [1.82, 2.24) is 10.2 Å². The minimum atomic E-state index is 0.0845. The van der Waals surface area contributed by atoms with Crippen molar-refractivity contribution >= 4 is 28.3 Å². The molecule has 156 valence electrons. The molecule has 0 bridgehead atoms. The van der Waals surface area contributed by atoms with Gasteiger partial charge < -0.3 is 10.1 Å². The van der Waals surface area contributed by atoms with Crippen LogP contribution in [0.3, 0.4) is 0 Å². The van der Waals surface area contributed by atoms with Crippen LogP contribution in [-0.2, 0) is 11.3 Å². The Morgan fingerprint density at radius 2 is 1.80 bits per heavy atom. The monoisotopic (exact) mass is 422 g/mol. The maximum atomic E-state index is 12.5. The minimum absolute atomic E-state index is 0.0845. The van der Waals surface area contributed by atoms with E-state index in [-0.39, 0.29) is 11.8 Å². The average Bonchev–Trinajstić information content (AvgIpc) is 2.77. The van der Waals surface area contributed by atoms with Crippen LogP contribution in [0.1, 0.15) is 18.4 Å². The standard InChI is InChI=1S/C25H27ClN2O2/c26-23-7-3-4-19(16-23)18-28-13-10-21(11-14-28)25(29)27-12-15-30-24-9-8-20-5-1-2-6-22(20)17-24/h1-9,16-17,21H,10-15,18H2,(H,27,29). The molecule has 1 aliphatic heterocycles. The summed E-state index contributed by atoms with van der Waals surface area (Å²) in [6.07, 6.45) is 1.77. The molecule has 0 saturated carbocycles. The van der Waals surface area contributed by atoms with E-state index in [1.807, 2.05) is 42.5 Å². The van der Waals surface area contributed by atoms with Gasteiger partial charge in [0.1, 0.15) is 12.4 Å². The number of hydrogen-bond acceptors (Lipinski definition) is 3. The highest BCUT2D eigenvalue weighted by Gasteiger charge is 2.24. The van der Waals surface area contributed by atoms with E-state index in [1.165, 1.54) is 10.9 Å². The van der Waals surface area contributed by atoms with Crippen molar-refractivity contribution in [2.75, 3.05) is 26.2 Å². The fourth-order valence-corrected chi connectivity index (χ4v) is 4.20. The fraction of sp³-hybridized carbons (Fsp3) is 0.320. The lowest BCUT2D eigenvalue weighted by molar-refractivity contribution is -0.126. The molecule has 4 nitrogen and oxygen atoms in total. The van der Waals surface area contributed by atoms with E-state index >= 15 is 0 Å². The normalized spacial score (nSPS) is 15.2. The highest BCUT2D eigenvalue weighted by Crippen LogP contribution is 2.21. The first-order chi connectivity index (χ1) is 14.7. The van der Waals surface area contributed by atoms with Crippen LogP contribution in [0.2, 0.25) is 5.02 Å². The van der Waals surface area contributed by atoms with Crippen molar-refractivity contribution in [2.45, 2.75) is 19.4 Å². The van der Waals surface area contributed by atoms with E-state index in [0.717, 1.165) is 48.6 Å². The molecule has 1 heterocycles. The highest BCUT2D eigenvalue weighted by molar-refractivity contribution is 6.30. The Bertz CT molecular complexity index is 999. The number of amides is 1. The first-order valence-electron chi connectivity index (χ1n) is 10.5. The largest absolute Gasteiger partial charge is 0.492 e. The van der Waals surface area contributed by atoms with E-state index in [4.69, 9.17) is 16.3 Å². The Balaban J connectivity index is 1.17. The third-order valence-electron chi connectivity index (χ3n) is 5.64. The van der Waals surface area contributed by atoms with E-state index in [2.05, 4.69) is 34.5 Å². The van der Waals surface area contributed by atoms with Gasteiger partial charge in [-0.25, -0.2) is 0 Å². The van der Waals surface area contributed by atoms with Crippen molar-refractivity contribution in [3.05, 3.63) is 77.3 Å². The zero-order valence-electron chi connectivity index (χ0n) is 17.0. The first kappa shape index (κ1) is 20.7. The SMILES string of the molecule is O=C(NCCOc1ccc2ccccc2c1)C1CCN(Cc2cccc(Cl)c2)CC1. The maximum Gasteiger partial charge on any atom is 0.223 e. The van der Waals surface area contributed by atoms with Gasteiger partial charge in [-0.2, -0.15) is 0 Å². The van der Waals surface area contributed by atoms with Gasteiger partial charge in [-0.15, -0.1) is 0 Å². The second-order valence-corrected chi connectivity index (χ2v) is 8.27. The lowest BCUT2D eigenvalue weighted by atomic mass is 9.95. The summed E-state index contributed by atoms with van der Waals surface area (Å²) in [6.45, 7) is 3.73. The summed E-state index contributed by atoms with van der Waals surface area (Å²) in [6, 6.07) is 22.3. The lowest BCUT2D eigenvalue weighted by Crippen LogP contribution is -2.41. The van der Waals surface area contributed by atoms with Crippen molar-refractivity contribution in [3.63, 3.8) is 0 Å². The lowest BCUT2D eigenvalue weighted by Gasteiger charge is -2.31. The second-order valence-electron chi connectivity index (χ2n) is 7.83. The van der Waals surface area contributed by atoms with Crippen LogP contribution in [-0.4, -0.2) is 37.0 Å². The Kier molecular flexibility index (Phi) is 6.88. The number of ether oxygens (including phenoxy) is 1. The van der Waals surface area contributed by atoms with Crippen LogP contribution >= 0.6 is 11.6 Å². The predicted octanol–water partition coefficient (Wildman–Crippen LogP) is 4.90. The Labute approximate surface area is 182 Å². The van der Waals surface area contributed by atoms with Gasteiger partial charge in [-0.3, -0.25) is 9.69 Å². The summed E-state index contributed by atoms with van der Waals surface area (Å²) >= 11 is 6.07. The molecule has 0 atom stereocenters. The van der Waals surface area contributed by atoms with Gasteiger partial charge in [0.15, 0.2) is 0 Å². The number of piperidine rings is 1. The molecule has 1 saturated heterocycles. The Morgan fingerprint density at radius 3 is 2.60 bits per heavy atom. The zero-order valence-corrected chi connectivity index (χ0v) is 17.8. The molecule has 4 rings (SSSR count). The first-order valence-corrected chi connectivity index (χ1v) is 10.9. The number of fused-ring (bicyclic) bond motifs is 1. The Morgan fingerprint density at radius 1 is 1.00 bits per heavy atom. The summed E-state index contributed by atoms with van der Waals surface area (Å²) in [5.74, 6) is 1.05. The molecular weight excluding hydrogens is 396 g/mol. The molecule has 1 aliphatic rings. The topological polar surface area (TPSA) is 41.6 Å². The van der Waals surface area contributed by atoms with E-state index in [0.29, 0.717) is 13.2 Å². The summed E-state index contributed by atoms with van der Waals surface area (Å²) in [4.78, 5) is 14.9. The van der Waals surface area contributed by atoms with Crippen molar-refractivity contribution in [2.24, 2.45) is 5.92 Å². The maximum absolute atomic E-state index is 12.5. The van der Waals surface area contributed by atoms with Gasteiger partial charge >= 0.3 is 0 Å². The molecule has 1 amide bonds. The van der Waals surface area contributed by atoms with Crippen LogP contribution < -0.4 is 10.1 Å². The molecule has 30 heavy (non-hydrogen) atoms. The molecule has 0 spiro atoms. The number of nitrogens with one attached hydrogen (secondary N) is 1. The smallest absolute Gasteiger partial charge is 0.223 e. The second kappa shape index (κ2) is 9.96. The molecule has 5 heteroatoms. The van der Waals surface area contributed by atoms with Crippen molar-refractivity contribution in [3.8, 4) is 5.75 Å². The van der Waals surface area contributed by atoms with E-state index < -0.39 is 0 Å². The number of nitrogens with zero attached hydrogens (tertiary/aromatic N) is 1. The molecule has 1 N–H and O–H groups in total. The minimum Gasteiger partial charge on any atom is -0.492 e. The van der Waals surface area contributed by atoms with E-state index in [9.17, 15) is 4.79 Å². The number of carbonyl (C=O) groups excluding carboxylic acids is 1. The van der Waals surface area contributed by atoms with Crippen molar-refractivity contribution in [1.29, 1.82) is 0 Å². The number of rotatable bonds is 7. The summed E-state index contributed by atoms with van der Waals surface area (Å²) in [5, 5.41) is 6.15. The van der Waals surface area contributed by atoms with Crippen LogP contribution in [0.5, 0.6) is 5.75 Å². The van der Waals surface area contributed by atoms with Crippen molar-refractivity contribution < 1.29 is 9.53 Å². The summed E-state index contributed by atoms with van der Waals surface area (Å²) in [5.41, 5.74) is 1.22. The quantitative estimate of drug-likeness (QED) is 0.550. The van der Waals surface area contributed by atoms with Crippen LogP contribution in [0.25, 0.3) is 10.8 Å². The van der Waals surface area contributed by atoms with Crippen LogP contribution in [0, 0.1) is 5.92 Å². The number of benzene rings is 3. The fourth-order valence-electron chi connectivity index (χ4n) is 3.99. The van der Waals surface area contributed by atoms with Crippen LogP contribution in [0.4, 0.5) is 0 Å². The van der Waals surface area contributed by atoms with Gasteiger partial charge in [0, 0.05) is 17.5 Å². The molecular formula is C25H27ClN2O2. The van der Waals surface area contributed by atoms with Crippen LogP contribution in [0.15, 0.2) is 66.7 Å². The van der Waals surface area contributed by atoms with E-state index in [1.54, 1.807) is 0 Å². The molecule has 0 aliphatic carbocycles. The highest BCUT2D eigenvalue weighted by atomic mass is 35.5. The van der Waals surface area contributed by atoms with Gasteiger partial charge in [0.25, 0.3) is 0 Å². The summed E-state index contributed by atoms with van der Waals surface area (Å²) in [7, 11) is 0.